The molecule has 2 N–H and O–H groups in total. The van der Waals surface area contributed by atoms with Gasteiger partial charge in [0.2, 0.25) is 0 Å². The number of hydrogen-bond donors (Lipinski definition) is 2. The number of nitrogens with one attached hydrogen (secondary N) is 2. The number of aryl methyl sites for hydroxylation is 2. The molecule has 3 heterocycles. The second kappa shape index (κ2) is 7.80. The van der Waals surface area contributed by atoms with Crippen molar-refractivity contribution in [2.24, 2.45) is 0 Å². The number of H-pyrrole nitrogens is 1. The van der Waals surface area contributed by atoms with Gasteiger partial charge in [0, 0.05) is 29.9 Å². The minimum Gasteiger partial charge on any atom is -0.440 e. The molecule has 1 spiro atoms. The molecular weight excluding hydrogens is 374 g/mol. The van der Waals surface area contributed by atoms with E-state index in [1.807, 2.05) is 17.0 Å². The van der Waals surface area contributed by atoms with Crippen molar-refractivity contribution in [1.82, 2.24) is 10.3 Å². The van der Waals surface area contributed by atoms with Crippen LogP contribution in [0.1, 0.15) is 37.3 Å². The van der Waals surface area contributed by atoms with Gasteiger partial charge in [-0.15, -0.1) is 0 Å². The fraction of sp³-hybridized carbons (Fsp3) is 0.400. The summed E-state index contributed by atoms with van der Waals surface area (Å²) < 4.78 is 6.17. The third-order valence-electron chi connectivity index (χ3n) is 6.85. The smallest absolute Gasteiger partial charge is 0.415 e. The molecule has 5 heteroatoms. The summed E-state index contributed by atoms with van der Waals surface area (Å²) in [6.07, 6.45) is 6.33. The molecule has 5 rings (SSSR count). The molecule has 1 unspecified atom stereocenters. The third kappa shape index (κ3) is 3.18. The van der Waals surface area contributed by atoms with E-state index in [4.69, 9.17) is 4.74 Å². The number of carbonyl (C=O) groups excluding carboxylic acids is 1. The summed E-state index contributed by atoms with van der Waals surface area (Å²) in [5.41, 5.74) is 4.26. The maximum atomic E-state index is 13.2. The predicted octanol–water partition coefficient (Wildman–Crippen LogP) is 4.81. The second-order valence-corrected chi connectivity index (χ2v) is 8.45. The van der Waals surface area contributed by atoms with E-state index < -0.39 is 5.60 Å². The number of amides is 1. The third-order valence-corrected chi connectivity index (χ3v) is 6.85. The highest BCUT2D eigenvalue weighted by Gasteiger charge is 2.54. The van der Waals surface area contributed by atoms with E-state index in [1.165, 1.54) is 16.5 Å². The number of ether oxygens (including phenoxy) is 1. The van der Waals surface area contributed by atoms with Gasteiger partial charge in [0.15, 0.2) is 0 Å². The highest BCUT2D eigenvalue weighted by Crippen LogP contribution is 2.43. The molecule has 30 heavy (non-hydrogen) atoms. The van der Waals surface area contributed by atoms with Crippen molar-refractivity contribution >= 4 is 22.7 Å². The number of aromatic nitrogens is 1. The first-order valence-electron chi connectivity index (χ1n) is 11.1. The van der Waals surface area contributed by atoms with Crippen molar-refractivity contribution in [3.63, 3.8) is 0 Å². The average Bonchev–Trinajstić information content (AvgIpc) is 3.31. The lowest BCUT2D eigenvalue weighted by molar-refractivity contribution is 0.00916. The average molecular weight is 404 g/mol. The summed E-state index contributed by atoms with van der Waals surface area (Å²) in [6, 6.07) is 16.7. The van der Waals surface area contributed by atoms with Gasteiger partial charge in [-0.25, -0.2) is 4.79 Å². The fourth-order valence-corrected chi connectivity index (χ4v) is 5.27. The number of aromatic amines is 1. The van der Waals surface area contributed by atoms with E-state index in [0.717, 1.165) is 56.4 Å². The molecule has 2 fully saturated rings. The van der Waals surface area contributed by atoms with Crippen LogP contribution in [-0.4, -0.2) is 35.8 Å². The number of benzene rings is 2. The van der Waals surface area contributed by atoms with E-state index in [9.17, 15) is 4.79 Å². The van der Waals surface area contributed by atoms with Crippen LogP contribution in [0.25, 0.3) is 10.9 Å². The standard InChI is InChI=1S/C25H29N3O2/c1-2-18-7-3-6-10-22(18)28-23(25(30-24(28)29)13-15-26-16-14-25)12-11-19-17-27-21-9-5-4-8-20(19)21/h3-10,17,23,26-27H,2,11-16H2,1H3. The second-order valence-electron chi connectivity index (χ2n) is 8.45. The summed E-state index contributed by atoms with van der Waals surface area (Å²) >= 11 is 0. The molecule has 1 aromatic heterocycles. The van der Waals surface area contributed by atoms with Crippen molar-refractivity contribution in [1.29, 1.82) is 0 Å². The molecule has 2 saturated heterocycles. The Morgan fingerprint density at radius 2 is 1.83 bits per heavy atom. The van der Waals surface area contributed by atoms with Crippen molar-refractivity contribution in [3.8, 4) is 0 Å². The topological polar surface area (TPSA) is 57.4 Å². The quantitative estimate of drug-likeness (QED) is 0.643. The van der Waals surface area contributed by atoms with Crippen LogP contribution in [0.2, 0.25) is 0 Å². The Morgan fingerprint density at radius 1 is 1.07 bits per heavy atom. The molecule has 156 valence electrons. The number of carbonyl (C=O) groups is 1. The molecular formula is C25H29N3O2. The first-order chi connectivity index (χ1) is 14.7. The van der Waals surface area contributed by atoms with Crippen LogP contribution in [0.15, 0.2) is 54.7 Å². The minimum atomic E-state index is -0.407. The zero-order chi connectivity index (χ0) is 20.6. The first kappa shape index (κ1) is 19.2. The van der Waals surface area contributed by atoms with Gasteiger partial charge >= 0.3 is 6.09 Å². The number of hydrogen-bond acceptors (Lipinski definition) is 3. The van der Waals surface area contributed by atoms with Crippen molar-refractivity contribution in [3.05, 3.63) is 65.9 Å². The Labute approximate surface area is 177 Å². The Balaban J connectivity index is 1.50. The molecule has 0 radical (unpaired) electrons. The summed E-state index contributed by atoms with van der Waals surface area (Å²) in [4.78, 5) is 18.5. The zero-order valence-corrected chi connectivity index (χ0v) is 17.5. The highest BCUT2D eigenvalue weighted by atomic mass is 16.6. The number of rotatable bonds is 5. The van der Waals surface area contributed by atoms with Crippen LogP contribution in [-0.2, 0) is 17.6 Å². The van der Waals surface area contributed by atoms with E-state index >= 15 is 0 Å². The normalized spacial score (nSPS) is 20.8. The number of para-hydroxylation sites is 2. The Hall–Kier alpha value is -2.79. The number of nitrogens with zero attached hydrogens (tertiary/aromatic N) is 1. The number of fused-ring (bicyclic) bond motifs is 1. The molecule has 0 bridgehead atoms. The lowest BCUT2D eigenvalue weighted by Gasteiger charge is -2.38. The van der Waals surface area contributed by atoms with Gasteiger partial charge in [0.1, 0.15) is 5.60 Å². The van der Waals surface area contributed by atoms with E-state index in [1.54, 1.807) is 0 Å². The SMILES string of the molecule is CCc1ccccc1N1C(=O)OC2(CCNCC2)C1CCc1c[nH]c2ccccc12. The van der Waals surface area contributed by atoms with Crippen LogP contribution >= 0.6 is 0 Å². The van der Waals surface area contributed by atoms with Gasteiger partial charge in [-0.2, -0.15) is 0 Å². The fourth-order valence-electron chi connectivity index (χ4n) is 5.27. The van der Waals surface area contributed by atoms with Crippen LogP contribution in [0.3, 0.4) is 0 Å². The molecule has 0 saturated carbocycles. The van der Waals surface area contributed by atoms with Crippen LogP contribution in [0, 0.1) is 0 Å². The van der Waals surface area contributed by atoms with Crippen molar-refractivity contribution in [2.75, 3.05) is 18.0 Å². The van der Waals surface area contributed by atoms with Crippen molar-refractivity contribution in [2.45, 2.75) is 50.7 Å². The van der Waals surface area contributed by atoms with Crippen LogP contribution < -0.4 is 10.2 Å². The lowest BCUT2D eigenvalue weighted by Crippen LogP contribution is -2.52. The zero-order valence-electron chi connectivity index (χ0n) is 17.5. The first-order valence-corrected chi connectivity index (χ1v) is 11.1. The minimum absolute atomic E-state index is 0.0356. The van der Waals surface area contributed by atoms with Crippen LogP contribution in [0.4, 0.5) is 10.5 Å². The molecule has 2 aromatic carbocycles. The van der Waals surface area contributed by atoms with Gasteiger partial charge in [0.25, 0.3) is 0 Å². The monoisotopic (exact) mass is 403 g/mol. The van der Waals surface area contributed by atoms with E-state index in [2.05, 4.69) is 59.8 Å². The van der Waals surface area contributed by atoms with Gasteiger partial charge in [0.05, 0.1) is 11.7 Å². The van der Waals surface area contributed by atoms with Gasteiger partial charge in [-0.1, -0.05) is 43.3 Å². The van der Waals surface area contributed by atoms with Gasteiger partial charge < -0.3 is 15.0 Å². The Morgan fingerprint density at radius 3 is 2.67 bits per heavy atom. The Bertz CT molecular complexity index is 1050. The summed E-state index contributed by atoms with van der Waals surface area (Å²) in [7, 11) is 0. The molecule has 3 aromatic rings. The highest BCUT2D eigenvalue weighted by molar-refractivity contribution is 5.92. The molecule has 1 amide bonds. The maximum Gasteiger partial charge on any atom is 0.415 e. The lowest BCUT2D eigenvalue weighted by atomic mass is 9.81. The summed E-state index contributed by atoms with van der Waals surface area (Å²) in [5.74, 6) is 0. The number of anilines is 1. The van der Waals surface area contributed by atoms with Gasteiger partial charge in [-0.3, -0.25) is 4.90 Å². The Kier molecular flexibility index (Phi) is 4.99. The van der Waals surface area contributed by atoms with Crippen LogP contribution in [0.5, 0.6) is 0 Å². The number of piperidine rings is 1. The van der Waals surface area contributed by atoms with E-state index in [0.29, 0.717) is 0 Å². The largest absolute Gasteiger partial charge is 0.440 e. The van der Waals surface area contributed by atoms with Gasteiger partial charge in [-0.05, 0) is 55.6 Å². The predicted molar refractivity (Wildman–Crippen MR) is 120 cm³/mol. The molecule has 1 atom stereocenters. The van der Waals surface area contributed by atoms with E-state index in [-0.39, 0.29) is 12.1 Å². The molecule has 2 aliphatic rings. The van der Waals surface area contributed by atoms with Crippen molar-refractivity contribution < 1.29 is 9.53 Å². The molecule has 5 nitrogen and oxygen atoms in total. The summed E-state index contributed by atoms with van der Waals surface area (Å²) in [6.45, 7) is 3.92. The maximum absolute atomic E-state index is 13.2. The molecule has 0 aliphatic carbocycles. The summed E-state index contributed by atoms with van der Waals surface area (Å²) in [5, 5.41) is 4.69. The molecule has 2 aliphatic heterocycles.